The molecule has 0 aliphatic rings. The van der Waals surface area contributed by atoms with Gasteiger partial charge in [0.25, 0.3) is 0 Å². The van der Waals surface area contributed by atoms with Crippen molar-refractivity contribution in [2.24, 2.45) is 0 Å². The maximum atomic E-state index is 9.39. The molecule has 16 heavy (non-hydrogen) atoms. The van der Waals surface area contributed by atoms with E-state index in [4.69, 9.17) is 0 Å². The van der Waals surface area contributed by atoms with Crippen molar-refractivity contribution >= 4 is 0 Å². The van der Waals surface area contributed by atoms with Gasteiger partial charge in [-0.15, -0.1) is 0 Å². The molecule has 0 saturated carbocycles. The molecule has 0 unspecified atom stereocenters. The molecule has 0 aliphatic heterocycles. The van der Waals surface area contributed by atoms with E-state index >= 15 is 0 Å². The van der Waals surface area contributed by atoms with Crippen LogP contribution in [0.15, 0.2) is 36.7 Å². The Labute approximate surface area is 95.4 Å². The summed E-state index contributed by atoms with van der Waals surface area (Å²) in [6, 6.07) is 7.33. The molecule has 0 fully saturated rings. The zero-order valence-corrected chi connectivity index (χ0v) is 9.43. The van der Waals surface area contributed by atoms with Gasteiger partial charge in [0.2, 0.25) is 0 Å². The van der Waals surface area contributed by atoms with Gasteiger partial charge < -0.3 is 9.67 Å². The van der Waals surface area contributed by atoms with E-state index in [1.165, 1.54) is 0 Å². The first kappa shape index (κ1) is 10.7. The molecule has 1 aromatic carbocycles. The molecule has 0 amide bonds. The second-order valence-electron chi connectivity index (χ2n) is 3.88. The van der Waals surface area contributed by atoms with Gasteiger partial charge in [-0.25, -0.2) is 4.98 Å². The number of aromatic hydroxyl groups is 1. The molecular weight excluding hydrogens is 200 g/mol. The Kier molecular flexibility index (Phi) is 3.25. The minimum Gasteiger partial charge on any atom is -0.508 e. The molecule has 0 aliphatic carbocycles. The van der Waals surface area contributed by atoms with Crippen LogP contribution in [0.2, 0.25) is 0 Å². The Bertz CT molecular complexity index is 462. The average molecular weight is 216 g/mol. The summed E-state index contributed by atoms with van der Waals surface area (Å²) in [4.78, 5) is 4.34. The van der Waals surface area contributed by atoms with Gasteiger partial charge in [-0.3, -0.25) is 0 Å². The molecule has 3 nitrogen and oxygen atoms in total. The Balaban J connectivity index is 2.17. The van der Waals surface area contributed by atoms with Crippen molar-refractivity contribution in [3.05, 3.63) is 48.0 Å². The van der Waals surface area contributed by atoms with Crippen LogP contribution in [0.25, 0.3) is 0 Å². The maximum absolute atomic E-state index is 9.39. The lowest BCUT2D eigenvalue weighted by Gasteiger charge is -2.06. The molecule has 1 N–H and O–H groups in total. The number of aromatic nitrogens is 2. The van der Waals surface area contributed by atoms with Crippen molar-refractivity contribution in [3.8, 4) is 5.75 Å². The molecular formula is C13H16N2O. The van der Waals surface area contributed by atoms with Crippen molar-refractivity contribution in [2.75, 3.05) is 0 Å². The van der Waals surface area contributed by atoms with Crippen LogP contribution < -0.4 is 0 Å². The highest BCUT2D eigenvalue weighted by Crippen LogP contribution is 2.14. The van der Waals surface area contributed by atoms with Gasteiger partial charge in [0, 0.05) is 25.4 Å². The second-order valence-corrected chi connectivity index (χ2v) is 3.88. The molecule has 0 atom stereocenters. The largest absolute Gasteiger partial charge is 0.508 e. The number of rotatable bonds is 4. The van der Waals surface area contributed by atoms with Crippen molar-refractivity contribution in [1.29, 1.82) is 0 Å². The quantitative estimate of drug-likeness (QED) is 0.853. The number of benzene rings is 1. The number of hydrogen-bond donors (Lipinski definition) is 1. The second kappa shape index (κ2) is 4.84. The molecule has 1 aromatic heterocycles. The molecule has 0 bridgehead atoms. The third kappa shape index (κ3) is 2.42. The van der Waals surface area contributed by atoms with Crippen LogP contribution in [0.1, 0.15) is 24.7 Å². The summed E-state index contributed by atoms with van der Waals surface area (Å²) < 4.78 is 2.16. The van der Waals surface area contributed by atoms with E-state index in [-0.39, 0.29) is 0 Å². The lowest BCUT2D eigenvalue weighted by molar-refractivity contribution is 0.474. The monoisotopic (exact) mass is 216 g/mol. The average Bonchev–Trinajstić information content (AvgIpc) is 2.66. The summed E-state index contributed by atoms with van der Waals surface area (Å²) in [7, 11) is 0. The van der Waals surface area contributed by atoms with Gasteiger partial charge in [0.15, 0.2) is 0 Å². The Morgan fingerprint density at radius 2 is 2.25 bits per heavy atom. The van der Waals surface area contributed by atoms with E-state index in [0.717, 1.165) is 30.8 Å². The van der Waals surface area contributed by atoms with Crippen LogP contribution in [-0.2, 0) is 13.0 Å². The van der Waals surface area contributed by atoms with Gasteiger partial charge in [-0.05, 0) is 24.1 Å². The highest BCUT2D eigenvalue weighted by molar-refractivity contribution is 5.29. The van der Waals surface area contributed by atoms with Crippen LogP contribution in [0.3, 0.4) is 0 Å². The van der Waals surface area contributed by atoms with Crippen molar-refractivity contribution in [3.63, 3.8) is 0 Å². The summed E-state index contributed by atoms with van der Waals surface area (Å²) in [5.41, 5.74) is 1.09. The molecule has 0 radical (unpaired) electrons. The van der Waals surface area contributed by atoms with Crippen molar-refractivity contribution < 1.29 is 5.11 Å². The van der Waals surface area contributed by atoms with E-state index in [9.17, 15) is 5.11 Å². The minimum absolute atomic E-state index is 0.311. The first-order valence-corrected chi connectivity index (χ1v) is 5.57. The van der Waals surface area contributed by atoms with Gasteiger partial charge in [-0.1, -0.05) is 19.1 Å². The third-order valence-electron chi connectivity index (χ3n) is 2.54. The molecule has 3 heteroatoms. The molecule has 2 aromatic rings. The van der Waals surface area contributed by atoms with Gasteiger partial charge >= 0.3 is 0 Å². The first-order valence-electron chi connectivity index (χ1n) is 5.57. The van der Waals surface area contributed by atoms with Gasteiger partial charge in [-0.2, -0.15) is 0 Å². The van der Waals surface area contributed by atoms with Crippen LogP contribution in [0.5, 0.6) is 5.75 Å². The van der Waals surface area contributed by atoms with Crippen LogP contribution in [0.4, 0.5) is 0 Å². The molecule has 0 spiro atoms. The topological polar surface area (TPSA) is 38.0 Å². The standard InChI is InChI=1S/C13H16N2O/c1-2-7-15-8-6-14-13(15)10-11-4-3-5-12(16)9-11/h3-6,8-9,16H,2,7,10H2,1H3. The number of phenolic OH excluding ortho intramolecular Hbond substituents is 1. The van der Waals surface area contributed by atoms with Crippen molar-refractivity contribution in [1.82, 2.24) is 9.55 Å². The summed E-state index contributed by atoms with van der Waals surface area (Å²) in [5, 5.41) is 9.39. The Hall–Kier alpha value is -1.77. The van der Waals surface area contributed by atoms with Crippen molar-refractivity contribution in [2.45, 2.75) is 26.3 Å². The molecule has 2 rings (SSSR count). The van der Waals surface area contributed by atoms with E-state index in [2.05, 4.69) is 16.5 Å². The fraction of sp³-hybridized carbons (Fsp3) is 0.308. The number of aryl methyl sites for hydroxylation is 1. The summed E-state index contributed by atoms with van der Waals surface area (Å²) in [6.07, 6.45) is 5.69. The van der Waals surface area contributed by atoms with Crippen LogP contribution in [-0.4, -0.2) is 14.7 Å². The predicted molar refractivity (Wildman–Crippen MR) is 63.4 cm³/mol. The highest BCUT2D eigenvalue weighted by Gasteiger charge is 2.03. The summed E-state index contributed by atoms with van der Waals surface area (Å²) in [5.74, 6) is 1.36. The molecule has 0 saturated heterocycles. The maximum Gasteiger partial charge on any atom is 0.115 e. The zero-order chi connectivity index (χ0) is 11.4. The van der Waals surface area contributed by atoms with E-state index < -0.39 is 0 Å². The summed E-state index contributed by atoms with van der Waals surface area (Å²) >= 11 is 0. The Morgan fingerprint density at radius 3 is 3.00 bits per heavy atom. The zero-order valence-electron chi connectivity index (χ0n) is 9.43. The fourth-order valence-corrected chi connectivity index (χ4v) is 1.80. The number of nitrogens with zero attached hydrogens (tertiary/aromatic N) is 2. The minimum atomic E-state index is 0.311. The molecule has 84 valence electrons. The normalized spacial score (nSPS) is 10.6. The van der Waals surface area contributed by atoms with Crippen LogP contribution in [0, 0.1) is 0 Å². The van der Waals surface area contributed by atoms with E-state index in [1.54, 1.807) is 12.1 Å². The number of imidazole rings is 1. The molecule has 1 heterocycles. The highest BCUT2D eigenvalue weighted by atomic mass is 16.3. The third-order valence-corrected chi connectivity index (χ3v) is 2.54. The van der Waals surface area contributed by atoms with E-state index in [1.807, 2.05) is 24.5 Å². The lowest BCUT2D eigenvalue weighted by atomic mass is 10.1. The SMILES string of the molecule is CCCn1ccnc1Cc1cccc(O)c1. The summed E-state index contributed by atoms with van der Waals surface area (Å²) in [6.45, 7) is 3.15. The van der Waals surface area contributed by atoms with Gasteiger partial charge in [0.1, 0.15) is 11.6 Å². The smallest absolute Gasteiger partial charge is 0.115 e. The number of hydrogen-bond acceptors (Lipinski definition) is 2. The Morgan fingerprint density at radius 1 is 1.38 bits per heavy atom. The van der Waals surface area contributed by atoms with Gasteiger partial charge in [0.05, 0.1) is 0 Å². The van der Waals surface area contributed by atoms with Crippen LogP contribution >= 0.6 is 0 Å². The fourth-order valence-electron chi connectivity index (χ4n) is 1.80. The predicted octanol–water partition coefficient (Wildman–Crippen LogP) is 2.59. The first-order chi connectivity index (χ1) is 7.79. The lowest BCUT2D eigenvalue weighted by Crippen LogP contribution is -2.03. The van der Waals surface area contributed by atoms with E-state index in [0.29, 0.717) is 5.75 Å². The number of phenols is 1.